The molecular formula is C23H27N5. The van der Waals surface area contributed by atoms with Crippen molar-refractivity contribution in [1.29, 1.82) is 0 Å². The Morgan fingerprint density at radius 3 is 2.86 bits per heavy atom. The predicted molar refractivity (Wildman–Crippen MR) is 115 cm³/mol. The third kappa shape index (κ3) is 3.07. The minimum Gasteiger partial charge on any atom is -0.378 e. The van der Waals surface area contributed by atoms with Crippen molar-refractivity contribution < 1.29 is 0 Å². The molecular weight excluding hydrogens is 346 g/mol. The second-order valence-corrected chi connectivity index (χ2v) is 7.88. The molecule has 144 valence electrons. The number of nitrogens with zero attached hydrogens (tertiary/aromatic N) is 1. The average Bonchev–Trinajstić information content (AvgIpc) is 3.32. The van der Waals surface area contributed by atoms with Gasteiger partial charge in [-0.15, -0.1) is 5.53 Å². The number of allylic oxidation sites excluding steroid dienone is 1. The number of benzene rings is 2. The lowest BCUT2D eigenvalue weighted by molar-refractivity contribution is 0.281. The molecule has 1 atom stereocenters. The fourth-order valence-electron chi connectivity index (χ4n) is 4.44. The van der Waals surface area contributed by atoms with Crippen molar-refractivity contribution in [2.24, 2.45) is 0 Å². The zero-order valence-corrected chi connectivity index (χ0v) is 16.5. The van der Waals surface area contributed by atoms with Crippen LogP contribution in [0.2, 0.25) is 0 Å². The van der Waals surface area contributed by atoms with E-state index in [0.717, 1.165) is 26.1 Å². The van der Waals surface area contributed by atoms with Crippen molar-refractivity contribution >= 4 is 17.0 Å². The molecule has 4 N–H and O–H groups in total. The van der Waals surface area contributed by atoms with Gasteiger partial charge in [-0.3, -0.25) is 5.01 Å². The van der Waals surface area contributed by atoms with Crippen molar-refractivity contribution in [3.63, 3.8) is 0 Å². The Hall–Kier alpha value is -2.76. The first-order chi connectivity index (χ1) is 13.7. The van der Waals surface area contributed by atoms with Gasteiger partial charge in [0.15, 0.2) is 0 Å². The molecule has 0 aliphatic carbocycles. The zero-order chi connectivity index (χ0) is 19.1. The van der Waals surface area contributed by atoms with Gasteiger partial charge in [-0.2, -0.15) is 0 Å². The molecule has 0 amide bonds. The number of hydrazine groups is 2. The Kier molecular flexibility index (Phi) is 4.34. The van der Waals surface area contributed by atoms with Gasteiger partial charge in [0, 0.05) is 30.9 Å². The summed E-state index contributed by atoms with van der Waals surface area (Å²) in [6.07, 6.45) is 3.32. The molecule has 0 bridgehead atoms. The van der Waals surface area contributed by atoms with Gasteiger partial charge in [-0.05, 0) is 60.7 Å². The van der Waals surface area contributed by atoms with E-state index in [0.29, 0.717) is 0 Å². The van der Waals surface area contributed by atoms with E-state index in [9.17, 15) is 0 Å². The first-order valence-electron chi connectivity index (χ1n) is 10.1. The van der Waals surface area contributed by atoms with Crippen molar-refractivity contribution in [2.45, 2.75) is 26.3 Å². The summed E-state index contributed by atoms with van der Waals surface area (Å²) in [7, 11) is 0. The third-order valence-corrected chi connectivity index (χ3v) is 5.86. The summed E-state index contributed by atoms with van der Waals surface area (Å²) in [5.41, 5.74) is 16.9. The molecule has 2 aromatic rings. The topological polar surface area (TPSA) is 51.4 Å². The lowest BCUT2D eigenvalue weighted by Gasteiger charge is -2.22. The van der Waals surface area contributed by atoms with Gasteiger partial charge >= 0.3 is 0 Å². The molecule has 5 nitrogen and oxygen atoms in total. The van der Waals surface area contributed by atoms with Gasteiger partial charge in [0.25, 0.3) is 0 Å². The standard InChI is InChI=1S/C23H27N5/c1-15-4-3-5-19(12-15)25-22-9-11-28-23(16(2)26-27-28)20-7-6-17(13-21(20)22)18-8-10-24-14-18/h3-8,12-13,22,24-27H,9-11,14H2,1-2H3. The van der Waals surface area contributed by atoms with E-state index in [-0.39, 0.29) is 6.04 Å². The lowest BCUT2D eigenvalue weighted by Crippen LogP contribution is -2.37. The van der Waals surface area contributed by atoms with E-state index in [1.807, 2.05) is 0 Å². The summed E-state index contributed by atoms with van der Waals surface area (Å²) in [6.45, 7) is 7.13. The van der Waals surface area contributed by atoms with Crippen LogP contribution in [0.4, 0.5) is 5.69 Å². The van der Waals surface area contributed by atoms with Gasteiger partial charge < -0.3 is 16.1 Å². The Morgan fingerprint density at radius 2 is 2.04 bits per heavy atom. The highest BCUT2D eigenvalue weighted by molar-refractivity contribution is 5.76. The van der Waals surface area contributed by atoms with E-state index < -0.39 is 0 Å². The van der Waals surface area contributed by atoms with Gasteiger partial charge in [-0.1, -0.05) is 30.3 Å². The van der Waals surface area contributed by atoms with Crippen LogP contribution in [0.1, 0.15) is 41.6 Å². The highest BCUT2D eigenvalue weighted by Crippen LogP contribution is 2.38. The minimum absolute atomic E-state index is 0.263. The summed E-state index contributed by atoms with van der Waals surface area (Å²) in [4.78, 5) is 0. The first-order valence-corrected chi connectivity index (χ1v) is 10.1. The van der Waals surface area contributed by atoms with Gasteiger partial charge in [0.05, 0.1) is 17.4 Å². The van der Waals surface area contributed by atoms with Crippen LogP contribution in [-0.4, -0.2) is 24.6 Å². The highest BCUT2D eigenvalue weighted by atomic mass is 15.7. The molecule has 3 heterocycles. The summed E-state index contributed by atoms with van der Waals surface area (Å²) in [5.74, 6) is 0. The molecule has 3 aliphatic heterocycles. The minimum atomic E-state index is 0.263. The van der Waals surface area contributed by atoms with E-state index in [4.69, 9.17) is 0 Å². The van der Waals surface area contributed by atoms with E-state index in [1.54, 1.807) is 0 Å². The molecule has 0 spiro atoms. The molecule has 0 radical (unpaired) electrons. The van der Waals surface area contributed by atoms with Crippen molar-refractivity contribution in [1.82, 2.24) is 21.3 Å². The highest BCUT2D eigenvalue weighted by Gasteiger charge is 2.30. The quantitative estimate of drug-likeness (QED) is 0.663. The molecule has 2 aromatic carbocycles. The predicted octanol–water partition coefficient (Wildman–Crippen LogP) is 3.55. The maximum absolute atomic E-state index is 3.81. The van der Waals surface area contributed by atoms with Crippen LogP contribution in [-0.2, 0) is 0 Å². The van der Waals surface area contributed by atoms with Crippen LogP contribution < -0.4 is 21.6 Å². The molecule has 1 unspecified atom stereocenters. The largest absolute Gasteiger partial charge is 0.378 e. The number of nitrogens with one attached hydrogen (secondary N) is 4. The zero-order valence-electron chi connectivity index (χ0n) is 16.5. The van der Waals surface area contributed by atoms with Crippen molar-refractivity contribution in [2.75, 3.05) is 25.0 Å². The third-order valence-electron chi connectivity index (χ3n) is 5.86. The SMILES string of the molecule is CC1=C2c3ccc(C4=CCNC4)cc3C(Nc3cccc(C)c3)CCN2NN1. The summed E-state index contributed by atoms with van der Waals surface area (Å²) in [6, 6.07) is 15.9. The number of hydrogen-bond donors (Lipinski definition) is 4. The fraction of sp³-hybridized carbons (Fsp3) is 0.304. The second kappa shape index (κ2) is 7.00. The summed E-state index contributed by atoms with van der Waals surface area (Å²) < 4.78 is 0. The Bertz CT molecular complexity index is 975. The van der Waals surface area contributed by atoms with Crippen LogP contribution in [0.15, 0.2) is 54.2 Å². The molecule has 0 fully saturated rings. The Labute approximate surface area is 166 Å². The number of fused-ring (bicyclic) bond motifs is 3. The maximum atomic E-state index is 3.81. The van der Waals surface area contributed by atoms with Crippen LogP contribution in [0.5, 0.6) is 0 Å². The normalized spacial score (nSPS) is 21.0. The summed E-state index contributed by atoms with van der Waals surface area (Å²) >= 11 is 0. The maximum Gasteiger partial charge on any atom is 0.0814 e. The molecule has 0 aromatic heterocycles. The van der Waals surface area contributed by atoms with Gasteiger partial charge in [-0.25, -0.2) is 0 Å². The molecule has 3 aliphatic rings. The van der Waals surface area contributed by atoms with Crippen molar-refractivity contribution in [3.8, 4) is 0 Å². The van der Waals surface area contributed by atoms with Crippen LogP contribution in [0.3, 0.4) is 0 Å². The molecule has 28 heavy (non-hydrogen) atoms. The van der Waals surface area contributed by atoms with Crippen LogP contribution >= 0.6 is 0 Å². The molecule has 0 saturated carbocycles. The van der Waals surface area contributed by atoms with E-state index in [2.05, 4.69) is 89.0 Å². The van der Waals surface area contributed by atoms with Crippen LogP contribution in [0, 0.1) is 6.92 Å². The number of rotatable bonds is 3. The number of anilines is 1. The molecule has 5 heteroatoms. The fourth-order valence-corrected chi connectivity index (χ4v) is 4.44. The van der Waals surface area contributed by atoms with Crippen molar-refractivity contribution in [3.05, 3.63) is 76.5 Å². The number of aryl methyl sites for hydroxylation is 1. The van der Waals surface area contributed by atoms with E-state index >= 15 is 0 Å². The summed E-state index contributed by atoms with van der Waals surface area (Å²) in [5, 5.41) is 9.46. The monoisotopic (exact) mass is 373 g/mol. The second-order valence-electron chi connectivity index (χ2n) is 7.88. The lowest BCUT2D eigenvalue weighted by atomic mass is 9.92. The molecule has 0 saturated heterocycles. The number of hydrogen-bond acceptors (Lipinski definition) is 5. The Balaban J connectivity index is 1.59. The first kappa shape index (κ1) is 17.3. The average molecular weight is 374 g/mol. The van der Waals surface area contributed by atoms with E-state index in [1.165, 1.54) is 44.9 Å². The van der Waals surface area contributed by atoms with Gasteiger partial charge in [0.1, 0.15) is 0 Å². The molecule has 5 rings (SSSR count). The Morgan fingerprint density at radius 1 is 1.11 bits per heavy atom. The smallest absolute Gasteiger partial charge is 0.0814 e. The van der Waals surface area contributed by atoms with Gasteiger partial charge in [0.2, 0.25) is 0 Å². The van der Waals surface area contributed by atoms with Crippen LogP contribution in [0.25, 0.3) is 11.3 Å².